The van der Waals surface area contributed by atoms with Crippen molar-refractivity contribution in [2.24, 2.45) is 5.92 Å². The standard InChI is InChI=1S/C13H14F2N2O/c1-8(2)12(7-16)17-13(18)5-9-3-4-10(14)6-11(9)15/h3-4,6,8,12H,5H2,1-2H3,(H,17,18). The highest BCUT2D eigenvalue weighted by atomic mass is 19.1. The molecule has 0 saturated heterocycles. The lowest BCUT2D eigenvalue weighted by Gasteiger charge is -2.14. The Morgan fingerprint density at radius 3 is 2.61 bits per heavy atom. The minimum Gasteiger partial charge on any atom is -0.340 e. The second kappa shape index (κ2) is 6.10. The summed E-state index contributed by atoms with van der Waals surface area (Å²) in [6.07, 6.45) is -0.211. The highest BCUT2D eigenvalue weighted by molar-refractivity contribution is 5.79. The summed E-state index contributed by atoms with van der Waals surface area (Å²) in [7, 11) is 0. The van der Waals surface area contributed by atoms with Crippen molar-refractivity contribution in [2.75, 3.05) is 0 Å². The van der Waals surface area contributed by atoms with E-state index in [4.69, 9.17) is 5.26 Å². The van der Waals surface area contributed by atoms with Crippen LogP contribution in [0.15, 0.2) is 18.2 Å². The molecule has 96 valence electrons. The number of rotatable bonds is 4. The van der Waals surface area contributed by atoms with E-state index in [9.17, 15) is 13.6 Å². The van der Waals surface area contributed by atoms with Gasteiger partial charge >= 0.3 is 0 Å². The molecular weight excluding hydrogens is 238 g/mol. The van der Waals surface area contributed by atoms with Crippen LogP contribution in [0.5, 0.6) is 0 Å². The van der Waals surface area contributed by atoms with Crippen molar-refractivity contribution in [1.29, 1.82) is 5.26 Å². The lowest BCUT2D eigenvalue weighted by Crippen LogP contribution is -2.38. The first-order valence-electron chi connectivity index (χ1n) is 5.57. The average molecular weight is 252 g/mol. The molecule has 3 nitrogen and oxygen atoms in total. The second-order valence-corrected chi connectivity index (χ2v) is 4.33. The van der Waals surface area contributed by atoms with Gasteiger partial charge in [0.2, 0.25) is 5.91 Å². The Hall–Kier alpha value is -1.96. The van der Waals surface area contributed by atoms with Crippen LogP contribution in [-0.2, 0) is 11.2 Å². The van der Waals surface area contributed by atoms with Gasteiger partial charge in [-0.3, -0.25) is 4.79 Å². The predicted octanol–water partition coefficient (Wildman–Crippen LogP) is 2.17. The summed E-state index contributed by atoms with van der Waals surface area (Å²) in [5.74, 6) is -1.94. The topological polar surface area (TPSA) is 52.9 Å². The first-order valence-corrected chi connectivity index (χ1v) is 5.57. The monoisotopic (exact) mass is 252 g/mol. The number of hydrogen-bond donors (Lipinski definition) is 1. The summed E-state index contributed by atoms with van der Waals surface area (Å²) in [5, 5.41) is 11.3. The van der Waals surface area contributed by atoms with Crippen LogP contribution >= 0.6 is 0 Å². The van der Waals surface area contributed by atoms with Gasteiger partial charge in [-0.1, -0.05) is 19.9 Å². The Balaban J connectivity index is 2.68. The van der Waals surface area contributed by atoms with E-state index in [0.29, 0.717) is 0 Å². The fourth-order valence-electron chi connectivity index (χ4n) is 1.41. The van der Waals surface area contributed by atoms with Gasteiger partial charge in [0.1, 0.15) is 17.7 Å². The molecule has 0 aliphatic carbocycles. The van der Waals surface area contributed by atoms with Gasteiger partial charge in [0.05, 0.1) is 12.5 Å². The van der Waals surface area contributed by atoms with Crippen LogP contribution in [0.25, 0.3) is 0 Å². The van der Waals surface area contributed by atoms with Crippen LogP contribution in [0, 0.1) is 28.9 Å². The quantitative estimate of drug-likeness (QED) is 0.892. The van der Waals surface area contributed by atoms with Gasteiger partial charge in [0, 0.05) is 6.07 Å². The normalized spacial score (nSPS) is 12.0. The number of halogens is 2. The van der Waals surface area contributed by atoms with Gasteiger partial charge in [-0.2, -0.15) is 5.26 Å². The molecule has 0 bridgehead atoms. The van der Waals surface area contributed by atoms with Crippen LogP contribution < -0.4 is 5.32 Å². The SMILES string of the molecule is CC(C)C(C#N)NC(=O)Cc1ccc(F)cc1F. The zero-order chi connectivity index (χ0) is 13.7. The van der Waals surface area contributed by atoms with Gasteiger partial charge in [-0.05, 0) is 17.5 Å². The zero-order valence-electron chi connectivity index (χ0n) is 10.2. The molecular formula is C13H14F2N2O. The fourth-order valence-corrected chi connectivity index (χ4v) is 1.41. The summed E-state index contributed by atoms with van der Waals surface area (Å²) in [5.41, 5.74) is 0.106. The first kappa shape index (κ1) is 14.1. The van der Waals surface area contributed by atoms with Gasteiger partial charge in [-0.15, -0.1) is 0 Å². The second-order valence-electron chi connectivity index (χ2n) is 4.33. The van der Waals surface area contributed by atoms with E-state index < -0.39 is 23.6 Å². The maximum atomic E-state index is 13.3. The smallest absolute Gasteiger partial charge is 0.225 e. The minimum absolute atomic E-state index is 0.0305. The van der Waals surface area contributed by atoms with E-state index in [1.165, 1.54) is 6.07 Å². The summed E-state index contributed by atoms with van der Waals surface area (Å²) < 4.78 is 26.0. The molecule has 0 saturated carbocycles. The van der Waals surface area contributed by atoms with Crippen molar-refractivity contribution >= 4 is 5.91 Å². The summed E-state index contributed by atoms with van der Waals surface area (Å²) in [6, 6.07) is 4.39. The van der Waals surface area contributed by atoms with Crippen LogP contribution in [0.2, 0.25) is 0 Å². The molecule has 0 fully saturated rings. The number of hydrogen-bond acceptors (Lipinski definition) is 2. The Labute approximate surface area is 104 Å². The Bertz CT molecular complexity index is 480. The maximum Gasteiger partial charge on any atom is 0.225 e. The molecule has 0 spiro atoms. The van der Waals surface area contributed by atoms with Crippen molar-refractivity contribution in [2.45, 2.75) is 26.3 Å². The molecule has 1 N–H and O–H groups in total. The molecule has 1 rings (SSSR count). The molecule has 0 aliphatic rings. The van der Waals surface area contributed by atoms with Gasteiger partial charge in [0.25, 0.3) is 0 Å². The highest BCUT2D eigenvalue weighted by Crippen LogP contribution is 2.10. The van der Waals surface area contributed by atoms with Crippen LogP contribution in [0.4, 0.5) is 8.78 Å². The average Bonchev–Trinajstić information content (AvgIpc) is 2.29. The van der Waals surface area contributed by atoms with Gasteiger partial charge < -0.3 is 5.32 Å². The number of nitriles is 1. The number of carbonyl (C=O) groups is 1. The molecule has 0 heterocycles. The molecule has 1 aromatic rings. The van der Waals surface area contributed by atoms with Crippen LogP contribution in [0.3, 0.4) is 0 Å². The third kappa shape index (κ3) is 3.81. The third-order valence-electron chi connectivity index (χ3n) is 2.49. The summed E-state index contributed by atoms with van der Waals surface area (Å²) in [4.78, 5) is 11.6. The van der Waals surface area contributed by atoms with Gasteiger partial charge in [-0.25, -0.2) is 8.78 Å². The van der Waals surface area contributed by atoms with Crippen molar-refractivity contribution < 1.29 is 13.6 Å². The number of nitrogens with zero attached hydrogens (tertiary/aromatic N) is 1. The molecule has 0 aromatic heterocycles. The van der Waals surface area contributed by atoms with E-state index in [1.54, 1.807) is 13.8 Å². The third-order valence-corrected chi connectivity index (χ3v) is 2.49. The fraction of sp³-hybridized carbons (Fsp3) is 0.385. The Kier molecular flexibility index (Phi) is 4.78. The molecule has 0 radical (unpaired) electrons. The van der Waals surface area contributed by atoms with Crippen molar-refractivity contribution in [3.05, 3.63) is 35.4 Å². The summed E-state index contributed by atoms with van der Waals surface area (Å²) >= 11 is 0. The van der Waals surface area contributed by atoms with Crippen LogP contribution in [0.1, 0.15) is 19.4 Å². The number of amides is 1. The van der Waals surface area contributed by atoms with Crippen molar-refractivity contribution in [3.8, 4) is 6.07 Å². The largest absolute Gasteiger partial charge is 0.340 e. The summed E-state index contributed by atoms with van der Waals surface area (Å²) in [6.45, 7) is 3.60. The molecule has 0 aliphatic heterocycles. The van der Waals surface area contributed by atoms with E-state index in [-0.39, 0.29) is 17.9 Å². The number of nitrogens with one attached hydrogen (secondary N) is 1. The zero-order valence-corrected chi connectivity index (χ0v) is 10.2. The Morgan fingerprint density at radius 1 is 1.44 bits per heavy atom. The van der Waals surface area contributed by atoms with Crippen molar-refractivity contribution in [1.82, 2.24) is 5.32 Å². The minimum atomic E-state index is -0.761. The highest BCUT2D eigenvalue weighted by Gasteiger charge is 2.16. The molecule has 1 atom stereocenters. The van der Waals surface area contributed by atoms with E-state index in [2.05, 4.69) is 5.32 Å². The van der Waals surface area contributed by atoms with E-state index in [1.807, 2.05) is 6.07 Å². The molecule has 5 heteroatoms. The van der Waals surface area contributed by atoms with Crippen LogP contribution in [-0.4, -0.2) is 11.9 Å². The molecule has 1 unspecified atom stereocenters. The predicted molar refractivity (Wildman–Crippen MR) is 62.4 cm³/mol. The lowest BCUT2D eigenvalue weighted by molar-refractivity contribution is -0.121. The molecule has 1 aromatic carbocycles. The molecule has 1 amide bonds. The van der Waals surface area contributed by atoms with E-state index >= 15 is 0 Å². The lowest BCUT2D eigenvalue weighted by atomic mass is 10.1. The van der Waals surface area contributed by atoms with Gasteiger partial charge in [0.15, 0.2) is 0 Å². The Morgan fingerprint density at radius 2 is 2.11 bits per heavy atom. The van der Waals surface area contributed by atoms with Crippen molar-refractivity contribution in [3.63, 3.8) is 0 Å². The first-order chi connectivity index (χ1) is 8.43. The van der Waals surface area contributed by atoms with E-state index in [0.717, 1.165) is 12.1 Å². The molecule has 18 heavy (non-hydrogen) atoms. The number of carbonyl (C=O) groups excluding carboxylic acids is 1. The maximum absolute atomic E-state index is 13.3. The number of benzene rings is 1.